The summed E-state index contributed by atoms with van der Waals surface area (Å²) in [5.74, 6) is -1.25. The zero-order valence-corrected chi connectivity index (χ0v) is 13.3. The Morgan fingerprint density at radius 2 is 2.19 bits per heavy atom. The van der Waals surface area contributed by atoms with Gasteiger partial charge in [0.2, 0.25) is 5.88 Å². The monoisotopic (exact) mass is 350 g/mol. The van der Waals surface area contributed by atoms with Crippen LogP contribution in [0.25, 0.3) is 0 Å². The third-order valence-corrected chi connectivity index (χ3v) is 3.72. The Kier molecular flexibility index (Phi) is 4.90. The van der Waals surface area contributed by atoms with Gasteiger partial charge < -0.3 is 9.84 Å². The topological polar surface area (TPSA) is 72.3 Å². The van der Waals surface area contributed by atoms with E-state index >= 15 is 0 Å². The Morgan fingerprint density at radius 1 is 1.43 bits per heavy atom. The molecular weight excluding hydrogens is 336 g/mol. The van der Waals surface area contributed by atoms with Crippen molar-refractivity contribution in [1.82, 2.24) is 9.97 Å². The van der Waals surface area contributed by atoms with E-state index in [4.69, 9.17) is 4.74 Å². The summed E-state index contributed by atoms with van der Waals surface area (Å²) in [7, 11) is 1.50. The molecule has 1 atom stereocenters. The molecule has 0 radical (unpaired) electrons. The maximum absolute atomic E-state index is 11.6. The van der Waals surface area contributed by atoms with Crippen LogP contribution in [0.15, 0.2) is 35.1 Å². The zero-order chi connectivity index (χ0) is 15.4. The van der Waals surface area contributed by atoms with Gasteiger partial charge in [0.1, 0.15) is 12.2 Å². The van der Waals surface area contributed by atoms with Gasteiger partial charge in [0.05, 0.1) is 12.8 Å². The van der Waals surface area contributed by atoms with Crippen molar-refractivity contribution in [2.45, 2.75) is 19.3 Å². The first-order valence-corrected chi connectivity index (χ1v) is 7.15. The lowest BCUT2D eigenvalue weighted by atomic mass is 9.93. The lowest BCUT2D eigenvalue weighted by Gasteiger charge is -2.15. The summed E-state index contributed by atoms with van der Waals surface area (Å²) >= 11 is 3.39. The van der Waals surface area contributed by atoms with Crippen LogP contribution >= 0.6 is 15.9 Å². The average molecular weight is 351 g/mol. The predicted molar refractivity (Wildman–Crippen MR) is 81.5 cm³/mol. The number of nitrogens with zero attached hydrogens (tertiary/aromatic N) is 2. The van der Waals surface area contributed by atoms with Gasteiger partial charge >= 0.3 is 5.97 Å². The molecular formula is C15H15BrN2O3. The van der Waals surface area contributed by atoms with Gasteiger partial charge in [-0.3, -0.25) is 4.79 Å². The van der Waals surface area contributed by atoms with Crippen molar-refractivity contribution in [3.63, 3.8) is 0 Å². The first kappa shape index (κ1) is 15.4. The summed E-state index contributed by atoms with van der Waals surface area (Å²) in [6.07, 6.45) is 1.69. The third-order valence-electron chi connectivity index (χ3n) is 3.23. The van der Waals surface area contributed by atoms with Gasteiger partial charge in [0.25, 0.3) is 0 Å². The van der Waals surface area contributed by atoms with Crippen LogP contribution in [0.1, 0.15) is 22.7 Å². The van der Waals surface area contributed by atoms with Gasteiger partial charge in [-0.05, 0) is 31.0 Å². The number of carboxylic acids is 1. The van der Waals surface area contributed by atoms with Crippen molar-refractivity contribution in [1.29, 1.82) is 0 Å². The molecule has 1 unspecified atom stereocenters. The average Bonchev–Trinajstić information content (AvgIpc) is 2.45. The van der Waals surface area contributed by atoms with Gasteiger partial charge in [-0.2, -0.15) is 0 Å². The largest absolute Gasteiger partial charge is 0.481 e. The molecule has 0 amide bonds. The number of methoxy groups -OCH3 is 1. The van der Waals surface area contributed by atoms with Crippen molar-refractivity contribution < 1.29 is 14.6 Å². The van der Waals surface area contributed by atoms with E-state index in [1.165, 1.54) is 13.4 Å². The van der Waals surface area contributed by atoms with Crippen molar-refractivity contribution >= 4 is 21.9 Å². The molecule has 1 heterocycles. The molecule has 0 saturated heterocycles. The smallest absolute Gasteiger partial charge is 0.312 e. The minimum absolute atomic E-state index is 0.357. The molecule has 0 aliphatic rings. The second-order valence-corrected chi connectivity index (χ2v) is 5.53. The van der Waals surface area contributed by atoms with Gasteiger partial charge in [0, 0.05) is 10.0 Å². The summed E-state index contributed by atoms with van der Waals surface area (Å²) in [6.45, 7) is 1.77. The van der Waals surface area contributed by atoms with Crippen LogP contribution < -0.4 is 4.74 Å². The fourth-order valence-corrected chi connectivity index (χ4v) is 2.65. The highest BCUT2D eigenvalue weighted by Gasteiger charge is 2.25. The predicted octanol–water partition coefficient (Wildman–Crippen LogP) is 2.97. The second-order valence-electron chi connectivity index (χ2n) is 4.62. The molecule has 0 aliphatic carbocycles. The standard InChI is InChI=1S/C15H15BrN2O3/c1-9-13(17-8-18-14(9)21-2)12(15(19)20)7-10-4-3-5-11(16)6-10/h3-6,8,12H,7H2,1-2H3,(H,19,20). The Balaban J connectivity index is 2.38. The zero-order valence-electron chi connectivity index (χ0n) is 11.7. The first-order valence-electron chi connectivity index (χ1n) is 6.35. The molecule has 0 saturated carbocycles. The van der Waals surface area contributed by atoms with Crippen molar-refractivity contribution in [3.8, 4) is 5.88 Å². The molecule has 0 fully saturated rings. The summed E-state index contributed by atoms with van der Waals surface area (Å²) in [5.41, 5.74) is 2.06. The summed E-state index contributed by atoms with van der Waals surface area (Å²) in [5, 5.41) is 9.53. The number of benzene rings is 1. The van der Waals surface area contributed by atoms with Crippen molar-refractivity contribution in [2.75, 3.05) is 7.11 Å². The maximum atomic E-state index is 11.6. The molecule has 0 aliphatic heterocycles. The van der Waals surface area contributed by atoms with E-state index in [0.29, 0.717) is 23.6 Å². The molecule has 1 N–H and O–H groups in total. The number of aliphatic carboxylic acids is 1. The fraction of sp³-hybridized carbons (Fsp3) is 0.267. The van der Waals surface area contributed by atoms with E-state index in [2.05, 4.69) is 25.9 Å². The number of rotatable bonds is 5. The molecule has 0 bridgehead atoms. The molecule has 1 aromatic carbocycles. The molecule has 110 valence electrons. The minimum atomic E-state index is -0.918. The van der Waals surface area contributed by atoms with Gasteiger partial charge in [0.15, 0.2) is 0 Å². The quantitative estimate of drug-likeness (QED) is 0.897. The van der Waals surface area contributed by atoms with E-state index in [1.807, 2.05) is 24.3 Å². The van der Waals surface area contributed by atoms with Gasteiger partial charge in [-0.15, -0.1) is 0 Å². The van der Waals surface area contributed by atoms with Crippen LogP contribution in [0.4, 0.5) is 0 Å². The van der Waals surface area contributed by atoms with Crippen LogP contribution in [-0.4, -0.2) is 28.2 Å². The number of carboxylic acid groups (broad SMARTS) is 1. The number of hydrogen-bond donors (Lipinski definition) is 1. The lowest BCUT2D eigenvalue weighted by molar-refractivity contribution is -0.138. The van der Waals surface area contributed by atoms with Crippen LogP contribution in [0.5, 0.6) is 5.88 Å². The van der Waals surface area contributed by atoms with E-state index in [9.17, 15) is 9.90 Å². The molecule has 21 heavy (non-hydrogen) atoms. The molecule has 0 spiro atoms. The molecule has 2 aromatic rings. The highest BCUT2D eigenvalue weighted by Crippen LogP contribution is 2.27. The van der Waals surface area contributed by atoms with E-state index in [-0.39, 0.29) is 0 Å². The SMILES string of the molecule is COc1ncnc(C(Cc2cccc(Br)c2)C(=O)O)c1C. The fourth-order valence-electron chi connectivity index (χ4n) is 2.20. The lowest BCUT2D eigenvalue weighted by Crippen LogP contribution is -2.18. The first-order chi connectivity index (χ1) is 10.0. The van der Waals surface area contributed by atoms with Crippen molar-refractivity contribution in [2.24, 2.45) is 0 Å². The van der Waals surface area contributed by atoms with Crippen LogP contribution in [-0.2, 0) is 11.2 Å². The second kappa shape index (κ2) is 6.67. The van der Waals surface area contributed by atoms with Crippen LogP contribution in [0, 0.1) is 6.92 Å². The normalized spacial score (nSPS) is 12.0. The molecule has 1 aromatic heterocycles. The Morgan fingerprint density at radius 3 is 2.81 bits per heavy atom. The van der Waals surface area contributed by atoms with Crippen molar-refractivity contribution in [3.05, 3.63) is 51.9 Å². The number of halogens is 1. The van der Waals surface area contributed by atoms with E-state index in [1.54, 1.807) is 6.92 Å². The Hall–Kier alpha value is -1.95. The Bertz CT molecular complexity index is 661. The third kappa shape index (κ3) is 3.58. The minimum Gasteiger partial charge on any atom is -0.481 e. The van der Waals surface area contributed by atoms with Gasteiger partial charge in [-0.1, -0.05) is 28.1 Å². The van der Waals surface area contributed by atoms with E-state index < -0.39 is 11.9 Å². The van der Waals surface area contributed by atoms with Gasteiger partial charge in [-0.25, -0.2) is 9.97 Å². The molecule has 2 rings (SSSR count). The van der Waals surface area contributed by atoms with Crippen LogP contribution in [0.3, 0.4) is 0 Å². The molecule has 6 heteroatoms. The highest BCUT2D eigenvalue weighted by atomic mass is 79.9. The summed E-state index contributed by atoms with van der Waals surface area (Å²) in [4.78, 5) is 19.8. The van der Waals surface area contributed by atoms with E-state index in [0.717, 1.165) is 10.0 Å². The molecule has 5 nitrogen and oxygen atoms in total. The summed E-state index contributed by atoms with van der Waals surface area (Å²) in [6, 6.07) is 7.59. The Labute approximate surface area is 131 Å². The summed E-state index contributed by atoms with van der Waals surface area (Å²) < 4.78 is 6.05. The maximum Gasteiger partial charge on any atom is 0.312 e. The number of aromatic nitrogens is 2. The number of carbonyl (C=O) groups is 1. The highest BCUT2D eigenvalue weighted by molar-refractivity contribution is 9.10. The number of ether oxygens (including phenoxy) is 1. The van der Waals surface area contributed by atoms with Crippen LogP contribution in [0.2, 0.25) is 0 Å². The number of hydrogen-bond acceptors (Lipinski definition) is 4.